The van der Waals surface area contributed by atoms with Crippen LogP contribution in [0.15, 0.2) is 48.5 Å². The summed E-state index contributed by atoms with van der Waals surface area (Å²) in [7, 11) is 2.16. The summed E-state index contributed by atoms with van der Waals surface area (Å²) in [5.74, 6) is 0. The van der Waals surface area contributed by atoms with Gasteiger partial charge in [-0.15, -0.1) is 0 Å². The fraction of sp³-hybridized carbons (Fsp3) is 0.250. The third kappa shape index (κ3) is 2.19. The van der Waals surface area contributed by atoms with Gasteiger partial charge in [0, 0.05) is 31.5 Å². The number of anilines is 2. The van der Waals surface area contributed by atoms with Gasteiger partial charge in [0.2, 0.25) is 0 Å². The molecule has 0 atom stereocenters. The quantitative estimate of drug-likeness (QED) is 0.882. The Balaban J connectivity index is 1.71. The zero-order valence-electron chi connectivity index (χ0n) is 10.7. The van der Waals surface area contributed by atoms with Crippen LogP contribution in [-0.4, -0.2) is 13.6 Å². The third-order valence-corrected chi connectivity index (χ3v) is 3.54. The maximum Gasteiger partial charge on any atom is 0.0400 e. The van der Waals surface area contributed by atoms with E-state index in [-0.39, 0.29) is 0 Å². The highest BCUT2D eigenvalue weighted by molar-refractivity contribution is 5.58. The lowest BCUT2D eigenvalue weighted by Gasteiger charge is -2.12. The highest BCUT2D eigenvalue weighted by Crippen LogP contribution is 2.27. The number of nitrogens with one attached hydrogen (secondary N) is 1. The Morgan fingerprint density at radius 2 is 1.94 bits per heavy atom. The number of para-hydroxylation sites is 1. The number of rotatable bonds is 3. The maximum absolute atomic E-state index is 3.45. The Hall–Kier alpha value is -1.96. The molecule has 2 heteroatoms. The molecule has 1 aliphatic rings. The topological polar surface area (TPSA) is 15.3 Å². The predicted molar refractivity (Wildman–Crippen MR) is 77.2 cm³/mol. The molecular weight excluding hydrogens is 220 g/mol. The van der Waals surface area contributed by atoms with E-state index < -0.39 is 0 Å². The number of nitrogens with zero attached hydrogens (tertiary/aromatic N) is 1. The molecule has 1 aliphatic heterocycles. The molecule has 92 valence electrons. The number of hydrogen-bond acceptors (Lipinski definition) is 2. The van der Waals surface area contributed by atoms with E-state index in [1.807, 2.05) is 6.07 Å². The zero-order valence-corrected chi connectivity index (χ0v) is 10.7. The average molecular weight is 238 g/mol. The summed E-state index contributed by atoms with van der Waals surface area (Å²) in [4.78, 5) is 2.32. The van der Waals surface area contributed by atoms with Crippen LogP contribution in [0.3, 0.4) is 0 Å². The fourth-order valence-electron chi connectivity index (χ4n) is 2.49. The van der Waals surface area contributed by atoms with E-state index in [2.05, 4.69) is 59.7 Å². The Bertz CT molecular complexity index is 534. The van der Waals surface area contributed by atoms with Gasteiger partial charge in [0.15, 0.2) is 0 Å². The van der Waals surface area contributed by atoms with Crippen molar-refractivity contribution >= 4 is 11.4 Å². The molecule has 1 heterocycles. The second-order valence-corrected chi connectivity index (χ2v) is 4.85. The van der Waals surface area contributed by atoms with Gasteiger partial charge in [-0.2, -0.15) is 0 Å². The molecule has 3 rings (SSSR count). The zero-order chi connectivity index (χ0) is 12.4. The molecule has 0 amide bonds. The molecule has 0 unspecified atom stereocenters. The number of likely N-dealkylation sites (N-methyl/N-ethyl adjacent to an activating group) is 1. The molecule has 0 bridgehead atoms. The molecule has 0 saturated carbocycles. The molecule has 0 spiro atoms. The standard InChI is InChI=1S/C16H18N2/c1-18-10-9-14-11-13(7-8-16(14)18)12-17-15-5-3-2-4-6-15/h2-8,11,17H,9-10,12H2,1H3. The molecule has 0 aliphatic carbocycles. The van der Waals surface area contributed by atoms with Gasteiger partial charge < -0.3 is 10.2 Å². The van der Waals surface area contributed by atoms with E-state index >= 15 is 0 Å². The van der Waals surface area contributed by atoms with Crippen LogP contribution in [0.5, 0.6) is 0 Å². The lowest BCUT2D eigenvalue weighted by Crippen LogP contribution is -2.12. The van der Waals surface area contributed by atoms with Crippen molar-refractivity contribution in [3.05, 3.63) is 59.7 Å². The molecule has 2 aromatic rings. The number of hydrogen-bond donors (Lipinski definition) is 1. The van der Waals surface area contributed by atoms with Crippen molar-refractivity contribution in [2.24, 2.45) is 0 Å². The van der Waals surface area contributed by atoms with Crippen molar-refractivity contribution < 1.29 is 0 Å². The first-order valence-corrected chi connectivity index (χ1v) is 6.45. The monoisotopic (exact) mass is 238 g/mol. The Morgan fingerprint density at radius 3 is 2.78 bits per heavy atom. The van der Waals surface area contributed by atoms with Gasteiger partial charge in [0.05, 0.1) is 0 Å². The van der Waals surface area contributed by atoms with E-state index in [0.717, 1.165) is 13.1 Å². The molecule has 0 aromatic heterocycles. The smallest absolute Gasteiger partial charge is 0.0400 e. The van der Waals surface area contributed by atoms with E-state index in [0.29, 0.717) is 0 Å². The minimum atomic E-state index is 0.890. The highest BCUT2D eigenvalue weighted by atomic mass is 15.1. The minimum absolute atomic E-state index is 0.890. The number of fused-ring (bicyclic) bond motifs is 1. The van der Waals surface area contributed by atoms with Crippen molar-refractivity contribution in [3.8, 4) is 0 Å². The summed E-state index contributed by atoms with van der Waals surface area (Å²) in [6, 6.07) is 17.1. The summed E-state index contributed by atoms with van der Waals surface area (Å²) in [5.41, 5.74) is 5.39. The maximum atomic E-state index is 3.45. The van der Waals surface area contributed by atoms with Gasteiger partial charge in [0.1, 0.15) is 0 Å². The number of benzene rings is 2. The summed E-state index contributed by atoms with van der Waals surface area (Å²) in [5, 5.41) is 3.45. The Kier molecular flexibility index (Phi) is 2.93. The van der Waals surface area contributed by atoms with Crippen molar-refractivity contribution in [2.75, 3.05) is 23.8 Å². The Morgan fingerprint density at radius 1 is 1.11 bits per heavy atom. The van der Waals surface area contributed by atoms with Gasteiger partial charge in [-0.25, -0.2) is 0 Å². The highest BCUT2D eigenvalue weighted by Gasteiger charge is 2.15. The lowest BCUT2D eigenvalue weighted by molar-refractivity contribution is 0.955. The molecule has 2 aromatic carbocycles. The van der Waals surface area contributed by atoms with Crippen LogP contribution in [0.25, 0.3) is 0 Å². The van der Waals surface area contributed by atoms with E-state index in [1.54, 1.807) is 0 Å². The molecule has 0 radical (unpaired) electrons. The van der Waals surface area contributed by atoms with E-state index in [1.165, 1.54) is 28.9 Å². The first-order chi connectivity index (χ1) is 8.83. The average Bonchev–Trinajstić information content (AvgIpc) is 2.79. The minimum Gasteiger partial charge on any atom is -0.381 e. The molecule has 0 fully saturated rings. The van der Waals surface area contributed by atoms with Crippen LogP contribution in [0.4, 0.5) is 11.4 Å². The van der Waals surface area contributed by atoms with Crippen LogP contribution in [0.2, 0.25) is 0 Å². The van der Waals surface area contributed by atoms with E-state index in [4.69, 9.17) is 0 Å². The first kappa shape index (κ1) is 11.1. The van der Waals surface area contributed by atoms with Crippen LogP contribution in [0.1, 0.15) is 11.1 Å². The van der Waals surface area contributed by atoms with Crippen molar-refractivity contribution in [1.82, 2.24) is 0 Å². The van der Waals surface area contributed by atoms with Crippen LogP contribution in [0, 0.1) is 0 Å². The summed E-state index contributed by atoms with van der Waals surface area (Å²) >= 11 is 0. The van der Waals surface area contributed by atoms with Crippen LogP contribution in [-0.2, 0) is 13.0 Å². The first-order valence-electron chi connectivity index (χ1n) is 6.45. The van der Waals surface area contributed by atoms with E-state index in [9.17, 15) is 0 Å². The van der Waals surface area contributed by atoms with Gasteiger partial charge in [-0.1, -0.05) is 30.3 Å². The summed E-state index contributed by atoms with van der Waals surface area (Å²) in [6.07, 6.45) is 1.17. The molecule has 18 heavy (non-hydrogen) atoms. The molecule has 2 nitrogen and oxygen atoms in total. The summed E-state index contributed by atoms with van der Waals surface area (Å²) in [6.45, 7) is 2.03. The normalized spacial score (nSPS) is 13.5. The fourth-order valence-corrected chi connectivity index (χ4v) is 2.49. The van der Waals surface area contributed by atoms with Gasteiger partial charge in [-0.05, 0) is 35.7 Å². The van der Waals surface area contributed by atoms with Crippen molar-refractivity contribution in [2.45, 2.75) is 13.0 Å². The van der Waals surface area contributed by atoms with Gasteiger partial charge in [-0.3, -0.25) is 0 Å². The SMILES string of the molecule is CN1CCc2cc(CNc3ccccc3)ccc21. The Labute approximate surface area is 108 Å². The van der Waals surface area contributed by atoms with Crippen LogP contribution >= 0.6 is 0 Å². The van der Waals surface area contributed by atoms with Crippen molar-refractivity contribution in [3.63, 3.8) is 0 Å². The second-order valence-electron chi connectivity index (χ2n) is 4.85. The predicted octanol–water partition coefficient (Wildman–Crippen LogP) is 3.29. The van der Waals surface area contributed by atoms with Crippen LogP contribution < -0.4 is 10.2 Å². The summed E-state index contributed by atoms with van der Waals surface area (Å²) < 4.78 is 0. The van der Waals surface area contributed by atoms with Gasteiger partial charge >= 0.3 is 0 Å². The lowest BCUT2D eigenvalue weighted by atomic mass is 10.1. The van der Waals surface area contributed by atoms with Gasteiger partial charge in [0.25, 0.3) is 0 Å². The van der Waals surface area contributed by atoms with Crippen molar-refractivity contribution in [1.29, 1.82) is 0 Å². The largest absolute Gasteiger partial charge is 0.381 e. The molecular formula is C16H18N2. The second kappa shape index (κ2) is 4.73. The third-order valence-electron chi connectivity index (χ3n) is 3.54. The molecule has 1 N–H and O–H groups in total. The molecule has 0 saturated heterocycles.